The van der Waals surface area contributed by atoms with E-state index in [0.717, 1.165) is 25.5 Å². The van der Waals surface area contributed by atoms with E-state index in [1.54, 1.807) is 30.9 Å². The van der Waals surface area contributed by atoms with Crippen molar-refractivity contribution in [2.75, 3.05) is 13.7 Å². The third kappa shape index (κ3) is 4.14. The fourth-order valence-electron chi connectivity index (χ4n) is 2.76. The van der Waals surface area contributed by atoms with Gasteiger partial charge in [-0.15, -0.1) is 11.3 Å². The SMILES string of the molecule is CCN=C(/C(F)=C(/C)N)c1nc(C2=c3cnn(C)c3=CC(C(=O)OC)=I2)c(CO)s1. The Hall–Kier alpha value is -2.25. The molecule has 2 aromatic rings. The Balaban J connectivity index is 2.29. The quantitative estimate of drug-likeness (QED) is 0.312. The highest BCUT2D eigenvalue weighted by Gasteiger charge is 2.24. The molecule has 30 heavy (non-hydrogen) atoms. The van der Waals surface area contributed by atoms with Crippen LogP contribution in [0, 0.1) is 0 Å². The third-order valence-electron chi connectivity index (χ3n) is 4.18. The van der Waals surface area contributed by atoms with E-state index in [0.29, 0.717) is 25.6 Å². The number of methoxy groups -OCH3 is 1. The lowest BCUT2D eigenvalue weighted by Crippen LogP contribution is -2.34. The molecule has 0 saturated heterocycles. The van der Waals surface area contributed by atoms with Crippen molar-refractivity contribution in [2.24, 2.45) is 17.8 Å². The van der Waals surface area contributed by atoms with E-state index in [9.17, 15) is 14.3 Å². The molecule has 1 aliphatic rings. The van der Waals surface area contributed by atoms with E-state index in [4.69, 9.17) is 10.5 Å². The molecule has 3 rings (SSSR count). The Labute approximate surface area is 186 Å². The monoisotopic (exact) mass is 545 g/mol. The van der Waals surface area contributed by atoms with E-state index >= 15 is 0 Å². The van der Waals surface area contributed by atoms with Crippen LogP contribution in [0.25, 0.3) is 9.66 Å². The Bertz CT molecular complexity index is 1220. The van der Waals surface area contributed by atoms with Crippen LogP contribution in [0.1, 0.15) is 29.4 Å². The summed E-state index contributed by atoms with van der Waals surface area (Å²) in [4.78, 5) is 21.7. The molecule has 11 heteroatoms. The van der Waals surface area contributed by atoms with Crippen molar-refractivity contribution in [1.29, 1.82) is 0 Å². The number of esters is 1. The molecule has 0 fully saturated rings. The number of hydrogen-bond donors (Lipinski definition) is 2. The van der Waals surface area contributed by atoms with E-state index < -0.39 is 32.5 Å². The van der Waals surface area contributed by atoms with Crippen LogP contribution in [0.4, 0.5) is 4.39 Å². The van der Waals surface area contributed by atoms with Gasteiger partial charge in [0.25, 0.3) is 0 Å². The number of hydrogen-bond acceptors (Lipinski definition) is 8. The second kappa shape index (κ2) is 9.27. The van der Waals surface area contributed by atoms with E-state index in [1.165, 1.54) is 14.0 Å². The van der Waals surface area contributed by atoms with Crippen molar-refractivity contribution in [3.63, 3.8) is 0 Å². The number of aryl methyl sites for hydroxylation is 1. The molecule has 0 unspecified atom stereocenters. The summed E-state index contributed by atoms with van der Waals surface area (Å²) in [6.07, 6.45) is 3.49. The normalized spacial score (nSPS) is 14.9. The molecule has 1 aliphatic heterocycles. The van der Waals surface area contributed by atoms with Crippen molar-refractivity contribution in [3.8, 4) is 0 Å². The summed E-state index contributed by atoms with van der Waals surface area (Å²) in [6, 6.07) is 0. The number of aliphatic hydroxyl groups excluding tert-OH is 1. The molecule has 2 aromatic heterocycles. The number of allylic oxidation sites excluding steroid dienone is 2. The number of ether oxygens (including phenoxy) is 1. The molecule has 0 spiro atoms. The van der Waals surface area contributed by atoms with Gasteiger partial charge in [0.1, 0.15) is 10.7 Å². The molecular weight excluding hydrogens is 524 g/mol. The van der Waals surface area contributed by atoms with E-state index in [1.807, 2.05) is 0 Å². The molecule has 160 valence electrons. The largest absolute Gasteiger partial charge is 0.465 e. The fourth-order valence-corrected chi connectivity index (χ4v) is 6.76. The number of carbonyl (C=O) groups is 1. The molecule has 3 heterocycles. The van der Waals surface area contributed by atoms with Crippen LogP contribution in [0.15, 0.2) is 22.7 Å². The number of halogens is 2. The second-order valence-corrected chi connectivity index (χ2v) is 10.1. The maximum atomic E-state index is 14.7. The summed E-state index contributed by atoms with van der Waals surface area (Å²) in [7, 11) is 3.12. The molecule has 8 nitrogen and oxygen atoms in total. The lowest BCUT2D eigenvalue weighted by Gasteiger charge is -2.07. The zero-order chi connectivity index (χ0) is 22.0. The molecular formula is C19H21FIN5O3S. The summed E-state index contributed by atoms with van der Waals surface area (Å²) < 4.78 is 22.6. The summed E-state index contributed by atoms with van der Waals surface area (Å²) in [5.74, 6) is -1.05. The number of thiazole rings is 1. The van der Waals surface area contributed by atoms with E-state index in [2.05, 4.69) is 15.1 Å². The standard InChI is InChI=1S/C19H21FIN5O3S/c1-5-23-17(14(20)9(2)22)18-25-16(13(8-27)30-18)15-10-7-24-26(3)12(10)6-11(21-15)19(28)29-4/h6-7,27H,5,8,22H2,1-4H3/b14-9+,23-17?. The zero-order valence-corrected chi connectivity index (χ0v) is 19.8. The minimum absolute atomic E-state index is 0.00713. The van der Waals surface area contributed by atoms with Gasteiger partial charge in [-0.05, 0) is 19.9 Å². The molecule has 0 bridgehead atoms. The van der Waals surface area contributed by atoms with Crippen LogP contribution in [-0.2, 0) is 23.2 Å². The van der Waals surface area contributed by atoms with Gasteiger partial charge in [-0.25, -0.2) is 14.2 Å². The Morgan fingerprint density at radius 3 is 2.83 bits per heavy atom. The molecule has 3 N–H and O–H groups in total. The predicted molar refractivity (Wildman–Crippen MR) is 124 cm³/mol. The molecule has 0 aromatic carbocycles. The van der Waals surface area contributed by atoms with Crippen LogP contribution in [0.5, 0.6) is 0 Å². The fraction of sp³-hybridized carbons (Fsp3) is 0.316. The molecule has 0 aliphatic carbocycles. The van der Waals surface area contributed by atoms with Crippen molar-refractivity contribution >= 4 is 56.9 Å². The van der Waals surface area contributed by atoms with Gasteiger partial charge in [-0.2, -0.15) is 5.10 Å². The van der Waals surface area contributed by atoms with Crippen molar-refractivity contribution in [1.82, 2.24) is 14.8 Å². The number of aliphatic hydroxyl groups is 1. The van der Waals surface area contributed by atoms with Crippen LogP contribution < -0.4 is 16.3 Å². The van der Waals surface area contributed by atoms with Gasteiger partial charge in [0.15, 0.2) is 5.83 Å². The number of aromatic nitrogens is 3. The van der Waals surface area contributed by atoms with Crippen LogP contribution in [0.2, 0.25) is 0 Å². The molecule has 0 radical (unpaired) electrons. The summed E-state index contributed by atoms with van der Waals surface area (Å²) in [6.45, 7) is 3.32. The number of carbonyl (C=O) groups excluding carboxylic acids is 1. The number of rotatable bonds is 6. The number of nitrogens with zero attached hydrogens (tertiary/aromatic N) is 4. The van der Waals surface area contributed by atoms with Gasteiger partial charge in [0.05, 0.1) is 39.3 Å². The van der Waals surface area contributed by atoms with Gasteiger partial charge >= 0.3 is 5.97 Å². The van der Waals surface area contributed by atoms with Gasteiger partial charge in [-0.3, -0.25) is 9.67 Å². The second-order valence-electron chi connectivity index (χ2n) is 6.23. The highest BCUT2D eigenvalue weighted by atomic mass is 127. The summed E-state index contributed by atoms with van der Waals surface area (Å²) >= 11 is 0.184. The highest BCUT2D eigenvalue weighted by Crippen LogP contribution is 2.33. The number of fused-ring (bicyclic) bond motifs is 1. The molecule has 0 amide bonds. The van der Waals surface area contributed by atoms with Gasteiger partial charge in [-0.1, -0.05) is 20.7 Å². The Morgan fingerprint density at radius 2 is 2.23 bits per heavy atom. The van der Waals surface area contributed by atoms with Crippen molar-refractivity contribution in [2.45, 2.75) is 20.5 Å². The first-order valence-electron chi connectivity index (χ1n) is 8.94. The summed E-state index contributed by atoms with van der Waals surface area (Å²) in [5, 5.41) is 16.2. The van der Waals surface area contributed by atoms with Gasteiger partial charge < -0.3 is 15.6 Å². The minimum atomic E-state index is -0.972. The topological polar surface area (TPSA) is 116 Å². The smallest absolute Gasteiger partial charge is 0.343 e. The van der Waals surface area contributed by atoms with Crippen LogP contribution in [0.3, 0.4) is 0 Å². The van der Waals surface area contributed by atoms with Gasteiger partial charge in [0, 0.05) is 28.1 Å². The maximum Gasteiger partial charge on any atom is 0.343 e. The van der Waals surface area contributed by atoms with E-state index in [-0.39, 0.29) is 18.0 Å². The predicted octanol–water partition coefficient (Wildman–Crippen LogP) is 0.604. The third-order valence-corrected chi connectivity index (χ3v) is 8.19. The summed E-state index contributed by atoms with van der Waals surface area (Å²) in [5.41, 5.74) is 6.24. The van der Waals surface area contributed by atoms with Crippen molar-refractivity contribution < 1.29 is 19.0 Å². The van der Waals surface area contributed by atoms with Crippen LogP contribution in [-0.4, -0.2) is 48.7 Å². The first kappa shape index (κ1) is 22.4. The van der Waals surface area contributed by atoms with Crippen molar-refractivity contribution in [3.05, 3.63) is 43.9 Å². The van der Waals surface area contributed by atoms with Gasteiger partial charge in [0.2, 0.25) is 0 Å². The highest BCUT2D eigenvalue weighted by molar-refractivity contribution is 14.2. The first-order valence-corrected chi connectivity index (χ1v) is 11.9. The first-order chi connectivity index (χ1) is 14.3. The zero-order valence-electron chi connectivity index (χ0n) is 16.9. The number of nitrogens with two attached hydrogens (primary N) is 1. The Kier molecular flexibility index (Phi) is 6.93. The average molecular weight is 545 g/mol. The lowest BCUT2D eigenvalue weighted by molar-refractivity contribution is -0.132. The average Bonchev–Trinajstić information content (AvgIpc) is 3.34. The van der Waals surface area contributed by atoms with Crippen LogP contribution >= 0.6 is 32.1 Å². The number of aliphatic imine (C=N–C) groups is 1. The minimum Gasteiger partial charge on any atom is -0.465 e. The maximum absolute atomic E-state index is 14.7. The molecule has 0 saturated carbocycles. The molecule has 0 atom stereocenters. The lowest BCUT2D eigenvalue weighted by atomic mass is 10.2. The Morgan fingerprint density at radius 1 is 1.50 bits per heavy atom.